The Morgan fingerprint density at radius 2 is 2.38 bits per heavy atom. The van der Waals surface area contributed by atoms with Gasteiger partial charge in [-0.2, -0.15) is 0 Å². The number of thioether (sulfide) groups is 1. The largest absolute Gasteiger partial charge is 0.481 e. The van der Waals surface area contributed by atoms with Crippen LogP contribution in [-0.4, -0.2) is 40.0 Å². The SMILES string of the molecule is Cc1ncoc1C(=O)NCCSCC(=O)O. The van der Waals surface area contributed by atoms with Gasteiger partial charge in [-0.25, -0.2) is 4.98 Å². The van der Waals surface area contributed by atoms with Gasteiger partial charge < -0.3 is 14.8 Å². The highest BCUT2D eigenvalue weighted by Gasteiger charge is 2.12. The van der Waals surface area contributed by atoms with Gasteiger partial charge in [-0.05, 0) is 6.92 Å². The predicted molar refractivity (Wildman–Crippen MR) is 58.5 cm³/mol. The Hall–Kier alpha value is -1.50. The summed E-state index contributed by atoms with van der Waals surface area (Å²) in [6.45, 7) is 2.08. The van der Waals surface area contributed by atoms with Crippen molar-refractivity contribution in [1.82, 2.24) is 10.3 Å². The van der Waals surface area contributed by atoms with Crippen LogP contribution in [0.1, 0.15) is 16.2 Å². The number of aromatic nitrogens is 1. The number of aryl methyl sites for hydroxylation is 1. The smallest absolute Gasteiger partial charge is 0.313 e. The number of nitrogens with one attached hydrogen (secondary N) is 1. The molecule has 1 aromatic rings. The van der Waals surface area contributed by atoms with Gasteiger partial charge in [0.15, 0.2) is 6.39 Å². The first-order valence-corrected chi connectivity index (χ1v) is 5.74. The average Bonchev–Trinajstić information content (AvgIpc) is 2.63. The van der Waals surface area contributed by atoms with Gasteiger partial charge in [0.2, 0.25) is 5.76 Å². The second kappa shape index (κ2) is 6.16. The van der Waals surface area contributed by atoms with Gasteiger partial charge >= 0.3 is 5.97 Å². The van der Waals surface area contributed by atoms with Gasteiger partial charge in [0.05, 0.1) is 11.4 Å². The van der Waals surface area contributed by atoms with E-state index in [9.17, 15) is 9.59 Å². The lowest BCUT2D eigenvalue weighted by atomic mass is 10.3. The van der Waals surface area contributed by atoms with Gasteiger partial charge in [-0.15, -0.1) is 11.8 Å². The van der Waals surface area contributed by atoms with Crippen molar-refractivity contribution >= 4 is 23.6 Å². The zero-order valence-electron chi connectivity index (χ0n) is 8.73. The Labute approximate surface area is 96.4 Å². The van der Waals surface area contributed by atoms with Crippen molar-refractivity contribution in [3.63, 3.8) is 0 Å². The van der Waals surface area contributed by atoms with Gasteiger partial charge in [-0.1, -0.05) is 0 Å². The maximum atomic E-state index is 11.5. The van der Waals surface area contributed by atoms with E-state index in [-0.39, 0.29) is 17.4 Å². The number of carboxylic acid groups (broad SMARTS) is 1. The van der Waals surface area contributed by atoms with Crippen LogP contribution in [0.25, 0.3) is 0 Å². The van der Waals surface area contributed by atoms with Gasteiger partial charge in [0, 0.05) is 12.3 Å². The van der Waals surface area contributed by atoms with Crippen LogP contribution in [0.3, 0.4) is 0 Å². The molecular weight excluding hydrogens is 232 g/mol. The molecule has 0 radical (unpaired) electrons. The molecule has 0 saturated heterocycles. The van der Waals surface area contributed by atoms with Gasteiger partial charge in [0.1, 0.15) is 0 Å². The van der Waals surface area contributed by atoms with Crippen LogP contribution in [0, 0.1) is 6.92 Å². The highest BCUT2D eigenvalue weighted by molar-refractivity contribution is 7.99. The molecule has 16 heavy (non-hydrogen) atoms. The Balaban J connectivity index is 2.21. The summed E-state index contributed by atoms with van der Waals surface area (Å²) in [5.41, 5.74) is 0.538. The van der Waals surface area contributed by atoms with Crippen LogP contribution in [0.2, 0.25) is 0 Å². The Morgan fingerprint density at radius 3 is 2.94 bits per heavy atom. The van der Waals surface area contributed by atoms with Crippen molar-refractivity contribution in [1.29, 1.82) is 0 Å². The third-order valence-corrected chi connectivity index (χ3v) is 2.65. The molecule has 0 fully saturated rings. The van der Waals surface area contributed by atoms with E-state index >= 15 is 0 Å². The molecule has 0 saturated carbocycles. The molecule has 1 heterocycles. The maximum absolute atomic E-state index is 11.5. The first-order chi connectivity index (χ1) is 7.61. The lowest BCUT2D eigenvalue weighted by Crippen LogP contribution is -2.26. The number of carbonyl (C=O) groups is 2. The third-order valence-electron chi connectivity index (χ3n) is 1.71. The van der Waals surface area contributed by atoms with Crippen molar-refractivity contribution < 1.29 is 19.1 Å². The van der Waals surface area contributed by atoms with E-state index in [1.165, 1.54) is 18.2 Å². The molecule has 1 amide bonds. The first kappa shape index (κ1) is 12.6. The van der Waals surface area contributed by atoms with E-state index in [0.717, 1.165) is 0 Å². The number of rotatable bonds is 6. The van der Waals surface area contributed by atoms with Crippen molar-refractivity contribution in [2.75, 3.05) is 18.1 Å². The Bertz CT molecular complexity index is 377. The third kappa shape index (κ3) is 3.93. The highest BCUT2D eigenvalue weighted by atomic mass is 32.2. The molecule has 2 N–H and O–H groups in total. The van der Waals surface area contributed by atoms with Crippen LogP contribution in [-0.2, 0) is 4.79 Å². The lowest BCUT2D eigenvalue weighted by molar-refractivity contribution is -0.133. The Kier molecular flexibility index (Phi) is 4.84. The molecular formula is C9H12N2O4S. The summed E-state index contributed by atoms with van der Waals surface area (Å²) in [4.78, 5) is 25.4. The van der Waals surface area contributed by atoms with E-state index in [1.54, 1.807) is 6.92 Å². The Morgan fingerprint density at radius 1 is 1.62 bits per heavy atom. The molecule has 0 atom stereocenters. The highest BCUT2D eigenvalue weighted by Crippen LogP contribution is 2.04. The summed E-state index contributed by atoms with van der Waals surface area (Å²) < 4.78 is 4.90. The van der Waals surface area contributed by atoms with E-state index in [0.29, 0.717) is 18.0 Å². The van der Waals surface area contributed by atoms with E-state index in [1.807, 2.05) is 0 Å². The minimum absolute atomic E-state index is 0.0389. The van der Waals surface area contributed by atoms with Gasteiger partial charge in [-0.3, -0.25) is 9.59 Å². The number of hydrogen-bond acceptors (Lipinski definition) is 5. The fourth-order valence-electron chi connectivity index (χ4n) is 0.996. The van der Waals surface area contributed by atoms with Crippen LogP contribution in [0.4, 0.5) is 0 Å². The summed E-state index contributed by atoms with van der Waals surface area (Å²) in [6.07, 6.45) is 1.21. The van der Waals surface area contributed by atoms with E-state index in [4.69, 9.17) is 9.52 Å². The van der Waals surface area contributed by atoms with E-state index in [2.05, 4.69) is 10.3 Å². The molecule has 88 valence electrons. The van der Waals surface area contributed by atoms with Crippen molar-refractivity contribution in [2.45, 2.75) is 6.92 Å². The second-order valence-corrected chi connectivity index (χ2v) is 4.07. The summed E-state index contributed by atoms with van der Waals surface area (Å²) in [5, 5.41) is 11.0. The maximum Gasteiger partial charge on any atom is 0.313 e. The standard InChI is InChI=1S/C9H12N2O4S/c1-6-8(15-5-11-6)9(14)10-2-3-16-4-7(12)13/h5H,2-4H2,1H3,(H,10,14)(H,12,13). The second-order valence-electron chi connectivity index (χ2n) is 2.97. The molecule has 0 unspecified atom stereocenters. The molecule has 0 spiro atoms. The number of carbonyl (C=O) groups excluding carboxylic acids is 1. The number of amides is 1. The molecule has 0 aromatic carbocycles. The van der Waals surface area contributed by atoms with Crippen molar-refractivity contribution in [2.24, 2.45) is 0 Å². The molecule has 0 bridgehead atoms. The van der Waals surface area contributed by atoms with Crippen molar-refractivity contribution in [3.05, 3.63) is 17.8 Å². The number of oxazole rings is 1. The van der Waals surface area contributed by atoms with Crippen molar-refractivity contribution in [3.8, 4) is 0 Å². The topological polar surface area (TPSA) is 92.4 Å². The fraction of sp³-hybridized carbons (Fsp3) is 0.444. The molecule has 0 aliphatic heterocycles. The number of nitrogens with zero attached hydrogens (tertiary/aromatic N) is 1. The zero-order chi connectivity index (χ0) is 12.0. The van der Waals surface area contributed by atoms with Crippen LogP contribution < -0.4 is 5.32 Å². The van der Waals surface area contributed by atoms with Gasteiger partial charge in [0.25, 0.3) is 5.91 Å². The summed E-state index contributed by atoms with van der Waals surface area (Å²) in [7, 11) is 0. The van der Waals surface area contributed by atoms with Crippen LogP contribution >= 0.6 is 11.8 Å². The number of carboxylic acids is 1. The monoisotopic (exact) mass is 244 g/mol. The molecule has 6 nitrogen and oxygen atoms in total. The summed E-state index contributed by atoms with van der Waals surface area (Å²) in [6, 6.07) is 0. The molecule has 0 aliphatic carbocycles. The van der Waals surface area contributed by atoms with Crippen LogP contribution in [0.5, 0.6) is 0 Å². The summed E-state index contributed by atoms with van der Waals surface area (Å²) in [5.74, 6) is -0.404. The molecule has 7 heteroatoms. The predicted octanol–water partition coefficient (Wildman–Crippen LogP) is 0.531. The normalized spacial score (nSPS) is 10.1. The average molecular weight is 244 g/mol. The zero-order valence-corrected chi connectivity index (χ0v) is 9.54. The minimum Gasteiger partial charge on any atom is -0.481 e. The molecule has 1 aromatic heterocycles. The molecule has 0 aliphatic rings. The first-order valence-electron chi connectivity index (χ1n) is 4.59. The number of hydrogen-bond donors (Lipinski definition) is 2. The molecule has 1 rings (SSSR count). The van der Waals surface area contributed by atoms with Crippen LogP contribution in [0.15, 0.2) is 10.8 Å². The fourth-order valence-corrected chi connectivity index (χ4v) is 1.56. The quantitative estimate of drug-likeness (QED) is 0.709. The lowest BCUT2D eigenvalue weighted by Gasteiger charge is -2.02. The minimum atomic E-state index is -0.859. The number of aliphatic carboxylic acids is 1. The van der Waals surface area contributed by atoms with E-state index < -0.39 is 5.97 Å². The summed E-state index contributed by atoms with van der Waals surface area (Å²) >= 11 is 1.24.